The van der Waals surface area contributed by atoms with Crippen LogP contribution in [0.1, 0.15) is 19.8 Å². The maximum atomic E-state index is 12.6. The van der Waals surface area contributed by atoms with E-state index >= 15 is 0 Å². The Hall–Kier alpha value is -0.630. The highest BCUT2D eigenvalue weighted by molar-refractivity contribution is 7.91. The van der Waals surface area contributed by atoms with E-state index in [1.54, 1.807) is 15.8 Å². The van der Waals surface area contributed by atoms with Gasteiger partial charge in [0.15, 0.2) is 4.21 Å². The molecule has 5 nitrogen and oxygen atoms in total. The van der Waals surface area contributed by atoms with E-state index in [1.807, 2.05) is 6.92 Å². The second-order valence-corrected chi connectivity index (χ2v) is 7.95. The standard InChI is InChI=1S/C12H20N2O3S2/c1-9(13)10-4-3-6-14(8-10)19(15,16)12-11(17-2)5-7-18-12/h5,7,9-10H,3-4,6,8,13H2,1-2H3/t9-,10+/m0/s1. The first-order valence-electron chi connectivity index (χ1n) is 6.34. The lowest BCUT2D eigenvalue weighted by Gasteiger charge is -2.33. The predicted molar refractivity (Wildman–Crippen MR) is 76.0 cm³/mol. The highest BCUT2D eigenvalue weighted by Crippen LogP contribution is 2.34. The van der Waals surface area contributed by atoms with Crippen LogP contribution in [-0.4, -0.2) is 39.0 Å². The summed E-state index contributed by atoms with van der Waals surface area (Å²) in [5.41, 5.74) is 5.90. The summed E-state index contributed by atoms with van der Waals surface area (Å²) in [6.45, 7) is 3.00. The van der Waals surface area contributed by atoms with Crippen molar-refractivity contribution in [2.45, 2.75) is 30.0 Å². The van der Waals surface area contributed by atoms with Crippen molar-refractivity contribution in [1.82, 2.24) is 4.31 Å². The molecule has 1 saturated heterocycles. The number of rotatable bonds is 4. The summed E-state index contributed by atoms with van der Waals surface area (Å²) >= 11 is 1.20. The van der Waals surface area contributed by atoms with Crippen LogP contribution in [0.25, 0.3) is 0 Å². The van der Waals surface area contributed by atoms with Crippen LogP contribution in [0.15, 0.2) is 15.7 Å². The van der Waals surface area contributed by atoms with Gasteiger partial charge >= 0.3 is 0 Å². The van der Waals surface area contributed by atoms with Gasteiger partial charge in [0.2, 0.25) is 0 Å². The van der Waals surface area contributed by atoms with Crippen LogP contribution in [0.4, 0.5) is 0 Å². The maximum absolute atomic E-state index is 12.6. The van der Waals surface area contributed by atoms with Gasteiger partial charge in [-0.2, -0.15) is 4.31 Å². The first-order chi connectivity index (χ1) is 8.96. The van der Waals surface area contributed by atoms with E-state index in [-0.39, 0.29) is 12.0 Å². The maximum Gasteiger partial charge on any atom is 0.256 e. The number of nitrogens with zero attached hydrogens (tertiary/aromatic N) is 1. The highest BCUT2D eigenvalue weighted by Gasteiger charge is 2.34. The Balaban J connectivity index is 2.25. The van der Waals surface area contributed by atoms with Crippen molar-refractivity contribution in [1.29, 1.82) is 0 Å². The minimum absolute atomic E-state index is 0.0169. The quantitative estimate of drug-likeness (QED) is 0.915. The molecule has 1 aliphatic rings. The average Bonchev–Trinajstić information content (AvgIpc) is 2.88. The van der Waals surface area contributed by atoms with E-state index in [9.17, 15) is 8.42 Å². The molecule has 0 amide bonds. The molecule has 0 spiro atoms. The van der Waals surface area contributed by atoms with Crippen molar-refractivity contribution >= 4 is 21.4 Å². The van der Waals surface area contributed by atoms with Gasteiger partial charge in [-0.3, -0.25) is 0 Å². The molecule has 0 radical (unpaired) electrons. The van der Waals surface area contributed by atoms with Gasteiger partial charge in [0.05, 0.1) is 7.11 Å². The molecule has 7 heteroatoms. The summed E-state index contributed by atoms with van der Waals surface area (Å²) in [5.74, 6) is 0.655. The molecule has 19 heavy (non-hydrogen) atoms. The number of sulfonamides is 1. The van der Waals surface area contributed by atoms with Crippen molar-refractivity contribution in [3.63, 3.8) is 0 Å². The Morgan fingerprint density at radius 3 is 2.95 bits per heavy atom. The van der Waals surface area contributed by atoms with Crippen LogP contribution in [0, 0.1) is 5.92 Å². The molecule has 1 aromatic rings. The Bertz CT molecular complexity index is 525. The largest absolute Gasteiger partial charge is 0.494 e. The molecule has 0 aliphatic carbocycles. The smallest absolute Gasteiger partial charge is 0.256 e. The van der Waals surface area contributed by atoms with E-state index in [2.05, 4.69) is 0 Å². The Morgan fingerprint density at radius 2 is 2.32 bits per heavy atom. The van der Waals surface area contributed by atoms with E-state index in [1.165, 1.54) is 18.4 Å². The van der Waals surface area contributed by atoms with Crippen LogP contribution in [0.3, 0.4) is 0 Å². The normalized spacial score (nSPS) is 23.2. The summed E-state index contributed by atoms with van der Waals surface area (Å²) in [6, 6.07) is 1.70. The molecule has 2 rings (SSSR count). The fraction of sp³-hybridized carbons (Fsp3) is 0.667. The molecule has 1 fully saturated rings. The molecule has 2 atom stereocenters. The van der Waals surface area contributed by atoms with Gasteiger partial charge in [-0.05, 0) is 37.1 Å². The zero-order valence-electron chi connectivity index (χ0n) is 11.2. The van der Waals surface area contributed by atoms with Gasteiger partial charge < -0.3 is 10.5 Å². The molecule has 2 heterocycles. The number of hydrogen-bond donors (Lipinski definition) is 1. The Morgan fingerprint density at radius 1 is 1.58 bits per heavy atom. The van der Waals surface area contributed by atoms with Crippen LogP contribution < -0.4 is 10.5 Å². The lowest BCUT2D eigenvalue weighted by atomic mass is 9.93. The molecular weight excluding hydrogens is 284 g/mol. The number of piperidine rings is 1. The summed E-state index contributed by atoms with van der Waals surface area (Å²) in [4.78, 5) is 0. The summed E-state index contributed by atoms with van der Waals surface area (Å²) in [7, 11) is -1.97. The predicted octanol–water partition coefficient (Wildman–Crippen LogP) is 1.50. The number of nitrogens with two attached hydrogens (primary N) is 1. The molecule has 0 aromatic carbocycles. The third-order valence-electron chi connectivity index (χ3n) is 3.55. The van der Waals surface area contributed by atoms with E-state index in [4.69, 9.17) is 10.5 Å². The zero-order valence-corrected chi connectivity index (χ0v) is 12.8. The lowest BCUT2D eigenvalue weighted by molar-refractivity contribution is 0.243. The summed E-state index contributed by atoms with van der Waals surface area (Å²) < 4.78 is 32.2. The average molecular weight is 304 g/mol. The van der Waals surface area contributed by atoms with Crippen LogP contribution in [-0.2, 0) is 10.0 Å². The first kappa shape index (κ1) is 14.8. The third kappa shape index (κ3) is 2.94. The minimum Gasteiger partial charge on any atom is -0.494 e. The molecule has 0 saturated carbocycles. The second kappa shape index (κ2) is 5.78. The summed E-state index contributed by atoms with van der Waals surface area (Å²) in [5, 5.41) is 1.73. The second-order valence-electron chi connectivity index (χ2n) is 4.90. The van der Waals surface area contributed by atoms with Gasteiger partial charge in [-0.25, -0.2) is 8.42 Å². The van der Waals surface area contributed by atoms with Gasteiger partial charge in [0, 0.05) is 19.1 Å². The van der Waals surface area contributed by atoms with E-state index < -0.39 is 10.0 Å². The van der Waals surface area contributed by atoms with Crippen molar-refractivity contribution in [2.24, 2.45) is 11.7 Å². The third-order valence-corrected chi connectivity index (χ3v) is 6.84. The van der Waals surface area contributed by atoms with Crippen molar-refractivity contribution in [3.05, 3.63) is 11.4 Å². The molecule has 0 unspecified atom stereocenters. The Labute approximate surface area is 118 Å². The minimum atomic E-state index is -3.46. The molecule has 1 aliphatic heterocycles. The van der Waals surface area contributed by atoms with Crippen molar-refractivity contribution < 1.29 is 13.2 Å². The van der Waals surface area contributed by atoms with Crippen LogP contribution >= 0.6 is 11.3 Å². The lowest BCUT2D eigenvalue weighted by Crippen LogP contribution is -2.44. The molecular formula is C12H20N2O3S2. The van der Waals surface area contributed by atoms with Crippen molar-refractivity contribution in [2.75, 3.05) is 20.2 Å². The fourth-order valence-electron chi connectivity index (χ4n) is 2.36. The molecule has 108 valence electrons. The number of ether oxygens (including phenoxy) is 1. The molecule has 1 aromatic heterocycles. The fourth-order valence-corrected chi connectivity index (χ4v) is 5.31. The van der Waals surface area contributed by atoms with Gasteiger partial charge in [0.1, 0.15) is 5.75 Å². The SMILES string of the molecule is COc1ccsc1S(=O)(=O)N1CCC[C@@H]([C@H](C)N)C1. The monoisotopic (exact) mass is 304 g/mol. The van der Waals surface area contributed by atoms with Crippen molar-refractivity contribution in [3.8, 4) is 5.75 Å². The number of hydrogen-bond acceptors (Lipinski definition) is 5. The van der Waals surface area contributed by atoms with E-state index in [0.29, 0.717) is 23.0 Å². The molecule has 0 bridgehead atoms. The van der Waals surface area contributed by atoms with Crippen LogP contribution in [0.2, 0.25) is 0 Å². The first-order valence-corrected chi connectivity index (χ1v) is 8.66. The summed E-state index contributed by atoms with van der Waals surface area (Å²) in [6.07, 6.45) is 1.85. The number of thiophene rings is 1. The Kier molecular flexibility index (Phi) is 4.50. The number of methoxy groups -OCH3 is 1. The zero-order chi connectivity index (χ0) is 14.0. The van der Waals surface area contributed by atoms with E-state index in [0.717, 1.165) is 12.8 Å². The highest BCUT2D eigenvalue weighted by atomic mass is 32.2. The van der Waals surface area contributed by atoms with Gasteiger partial charge in [-0.15, -0.1) is 11.3 Å². The molecule has 2 N–H and O–H groups in total. The van der Waals surface area contributed by atoms with Gasteiger partial charge in [0.25, 0.3) is 10.0 Å². The van der Waals surface area contributed by atoms with Crippen LogP contribution in [0.5, 0.6) is 5.75 Å². The topological polar surface area (TPSA) is 72.6 Å². The van der Waals surface area contributed by atoms with Gasteiger partial charge in [-0.1, -0.05) is 0 Å².